The largest absolute Gasteiger partial charge is 0.467 e. The van der Waals surface area contributed by atoms with E-state index in [1.54, 1.807) is 4.90 Å². The molecule has 2 saturated heterocycles. The molecule has 2 heterocycles. The van der Waals surface area contributed by atoms with E-state index in [1.807, 2.05) is 14.1 Å². The highest BCUT2D eigenvalue weighted by Gasteiger charge is 2.41. The first-order chi connectivity index (χ1) is 17.9. The zero-order valence-electron chi connectivity index (χ0n) is 21.8. The number of ether oxygens (including phenoxy) is 1. The van der Waals surface area contributed by atoms with Gasteiger partial charge in [0.2, 0.25) is 15.9 Å². The standard InChI is InChI=1S/C24H35Cl2N5O6S/c1-29(2)15-16-6-9-30(10-7-16)24(34)27-14-20(23(33)37-3)28-22(32)21-5-4-8-31(21)38(35,36)19-12-17(25)11-18(26)13-19/h11-13,16,20-21H,4-10,14-15H2,1-3H3,(H,27,34)(H,28,32)/t20-,21-/m0/s1. The van der Waals surface area contributed by atoms with Crippen molar-refractivity contribution in [2.24, 2.45) is 5.92 Å². The third-order valence-corrected chi connectivity index (χ3v) is 9.06. The number of amides is 3. The van der Waals surface area contributed by atoms with Gasteiger partial charge in [-0.15, -0.1) is 0 Å². The lowest BCUT2D eigenvalue weighted by Crippen LogP contribution is -2.55. The molecular weight excluding hydrogens is 557 g/mol. The Balaban J connectivity index is 1.63. The summed E-state index contributed by atoms with van der Waals surface area (Å²) in [7, 11) is 1.13. The van der Waals surface area contributed by atoms with Crippen molar-refractivity contribution >= 4 is 51.1 Å². The van der Waals surface area contributed by atoms with Gasteiger partial charge in [0.1, 0.15) is 12.1 Å². The fraction of sp³-hybridized carbons (Fsp3) is 0.625. The molecular formula is C24H35Cl2N5O6S. The van der Waals surface area contributed by atoms with Crippen molar-refractivity contribution in [3.63, 3.8) is 0 Å². The molecule has 14 heteroatoms. The van der Waals surface area contributed by atoms with Gasteiger partial charge in [-0.1, -0.05) is 23.2 Å². The Morgan fingerprint density at radius 1 is 1.08 bits per heavy atom. The van der Waals surface area contributed by atoms with Crippen molar-refractivity contribution in [2.45, 2.75) is 42.7 Å². The number of urea groups is 1. The second-order valence-electron chi connectivity index (χ2n) is 9.84. The van der Waals surface area contributed by atoms with Gasteiger partial charge in [0.15, 0.2) is 0 Å². The lowest BCUT2D eigenvalue weighted by molar-refractivity contribution is -0.145. The molecule has 2 aliphatic heterocycles. The minimum absolute atomic E-state index is 0.119. The van der Waals surface area contributed by atoms with E-state index in [1.165, 1.54) is 25.3 Å². The first-order valence-corrected chi connectivity index (χ1v) is 14.7. The van der Waals surface area contributed by atoms with Crippen molar-refractivity contribution < 1.29 is 27.5 Å². The van der Waals surface area contributed by atoms with Gasteiger partial charge in [-0.25, -0.2) is 18.0 Å². The van der Waals surface area contributed by atoms with Crippen LogP contribution < -0.4 is 10.6 Å². The number of hydrogen-bond acceptors (Lipinski definition) is 7. The maximum absolute atomic E-state index is 13.3. The summed E-state index contributed by atoms with van der Waals surface area (Å²) in [4.78, 5) is 42.0. The zero-order chi connectivity index (χ0) is 28.0. The maximum atomic E-state index is 13.3. The molecule has 11 nitrogen and oxygen atoms in total. The van der Waals surface area contributed by atoms with E-state index >= 15 is 0 Å². The molecule has 0 aromatic heterocycles. The van der Waals surface area contributed by atoms with E-state index < -0.39 is 34.0 Å². The lowest BCUT2D eigenvalue weighted by Gasteiger charge is -2.33. The highest BCUT2D eigenvalue weighted by atomic mass is 35.5. The Bertz CT molecular complexity index is 1110. The van der Waals surface area contributed by atoms with Crippen LogP contribution in [0.15, 0.2) is 23.1 Å². The molecule has 2 aliphatic rings. The van der Waals surface area contributed by atoms with Crippen LogP contribution in [0.2, 0.25) is 10.0 Å². The van der Waals surface area contributed by atoms with Gasteiger partial charge >= 0.3 is 12.0 Å². The molecule has 0 spiro atoms. The Kier molecular flexibility index (Phi) is 10.6. The number of halogens is 2. The van der Waals surface area contributed by atoms with Crippen LogP contribution in [-0.2, 0) is 24.3 Å². The maximum Gasteiger partial charge on any atom is 0.330 e. The highest BCUT2D eigenvalue weighted by molar-refractivity contribution is 7.89. The molecule has 0 aliphatic carbocycles. The zero-order valence-corrected chi connectivity index (χ0v) is 24.1. The van der Waals surface area contributed by atoms with E-state index in [9.17, 15) is 22.8 Å². The summed E-state index contributed by atoms with van der Waals surface area (Å²) < 4.78 is 32.4. The number of carbonyl (C=O) groups excluding carboxylic acids is 3. The van der Waals surface area contributed by atoms with Crippen molar-refractivity contribution in [3.8, 4) is 0 Å². The minimum Gasteiger partial charge on any atom is -0.467 e. The molecule has 0 radical (unpaired) electrons. The van der Waals surface area contributed by atoms with Crippen LogP contribution in [0.1, 0.15) is 25.7 Å². The van der Waals surface area contributed by atoms with E-state index in [0.717, 1.165) is 23.7 Å². The number of rotatable bonds is 9. The van der Waals surface area contributed by atoms with Gasteiger partial charge in [0.05, 0.1) is 18.6 Å². The number of methoxy groups -OCH3 is 1. The SMILES string of the molecule is COC(=O)[C@H](CNC(=O)N1CCC(CN(C)C)CC1)NC(=O)[C@@H]1CCCN1S(=O)(=O)c1cc(Cl)cc(Cl)c1. The van der Waals surface area contributed by atoms with Crippen LogP contribution in [0.5, 0.6) is 0 Å². The van der Waals surface area contributed by atoms with E-state index in [-0.39, 0.29) is 40.5 Å². The van der Waals surface area contributed by atoms with Crippen LogP contribution in [0, 0.1) is 5.92 Å². The number of nitrogens with one attached hydrogen (secondary N) is 2. The Labute approximate surface area is 233 Å². The summed E-state index contributed by atoms with van der Waals surface area (Å²) in [6.45, 7) is 2.08. The first-order valence-electron chi connectivity index (χ1n) is 12.5. The van der Waals surface area contributed by atoms with Gasteiger partial charge in [0, 0.05) is 36.2 Å². The summed E-state index contributed by atoms with van der Waals surface area (Å²) in [5, 5.41) is 5.57. The van der Waals surface area contributed by atoms with Crippen LogP contribution in [0.4, 0.5) is 4.79 Å². The fourth-order valence-electron chi connectivity index (χ4n) is 4.84. The molecule has 0 bridgehead atoms. The van der Waals surface area contributed by atoms with Crippen molar-refractivity contribution in [1.29, 1.82) is 0 Å². The van der Waals surface area contributed by atoms with Crippen LogP contribution >= 0.6 is 23.2 Å². The lowest BCUT2D eigenvalue weighted by atomic mass is 9.97. The summed E-state index contributed by atoms with van der Waals surface area (Å²) in [6, 6.07) is 1.39. The number of nitrogens with zero attached hydrogens (tertiary/aromatic N) is 3. The molecule has 2 fully saturated rings. The quantitative estimate of drug-likeness (QED) is 0.419. The summed E-state index contributed by atoms with van der Waals surface area (Å²) in [6.07, 6.45) is 2.48. The van der Waals surface area contributed by atoms with Crippen molar-refractivity contribution in [3.05, 3.63) is 28.2 Å². The topological polar surface area (TPSA) is 128 Å². The second-order valence-corrected chi connectivity index (χ2v) is 12.6. The molecule has 1 aromatic rings. The summed E-state index contributed by atoms with van der Waals surface area (Å²) >= 11 is 12.0. The van der Waals surface area contributed by atoms with Crippen LogP contribution in [0.25, 0.3) is 0 Å². The molecule has 38 heavy (non-hydrogen) atoms. The Morgan fingerprint density at radius 2 is 1.71 bits per heavy atom. The van der Waals surface area contributed by atoms with Gasteiger partial charge < -0.3 is 25.2 Å². The number of carbonyl (C=O) groups is 3. The average Bonchev–Trinajstić information content (AvgIpc) is 3.36. The molecule has 2 N–H and O–H groups in total. The third kappa shape index (κ3) is 7.72. The normalized spacial score (nSPS) is 19.8. The predicted octanol–water partition coefficient (Wildman–Crippen LogP) is 1.79. The summed E-state index contributed by atoms with van der Waals surface area (Å²) in [5.41, 5.74) is 0. The molecule has 0 unspecified atom stereocenters. The van der Waals surface area contributed by atoms with Crippen molar-refractivity contribution in [2.75, 3.05) is 53.9 Å². The van der Waals surface area contributed by atoms with Gasteiger partial charge in [-0.3, -0.25) is 4.79 Å². The molecule has 212 valence electrons. The molecule has 3 amide bonds. The number of likely N-dealkylation sites (tertiary alicyclic amines) is 1. The molecule has 0 saturated carbocycles. The van der Waals surface area contributed by atoms with Crippen molar-refractivity contribution in [1.82, 2.24) is 24.7 Å². The number of esters is 1. The Hall–Kier alpha value is -2.12. The average molecular weight is 593 g/mol. The van der Waals surface area contributed by atoms with Gasteiger partial charge in [-0.05, 0) is 63.9 Å². The van der Waals surface area contributed by atoms with Crippen LogP contribution in [0.3, 0.4) is 0 Å². The highest BCUT2D eigenvalue weighted by Crippen LogP contribution is 2.30. The van der Waals surface area contributed by atoms with E-state index in [2.05, 4.69) is 15.5 Å². The minimum atomic E-state index is -4.08. The van der Waals surface area contributed by atoms with Crippen LogP contribution in [-0.4, -0.2) is 106 Å². The smallest absolute Gasteiger partial charge is 0.330 e. The third-order valence-electron chi connectivity index (χ3n) is 6.73. The number of sulfonamides is 1. The molecule has 3 rings (SSSR count). The molecule has 1 aromatic carbocycles. The Morgan fingerprint density at radius 3 is 2.29 bits per heavy atom. The second kappa shape index (κ2) is 13.3. The number of hydrogen-bond donors (Lipinski definition) is 2. The monoisotopic (exact) mass is 591 g/mol. The van der Waals surface area contributed by atoms with Gasteiger partial charge in [-0.2, -0.15) is 4.31 Å². The van der Waals surface area contributed by atoms with Gasteiger partial charge in [0.25, 0.3) is 0 Å². The number of benzene rings is 1. The molecule has 2 atom stereocenters. The van der Waals surface area contributed by atoms with E-state index in [4.69, 9.17) is 27.9 Å². The predicted molar refractivity (Wildman–Crippen MR) is 144 cm³/mol. The first kappa shape index (κ1) is 30.4. The number of piperidine rings is 1. The summed E-state index contributed by atoms with van der Waals surface area (Å²) in [5.74, 6) is -0.893. The van der Waals surface area contributed by atoms with E-state index in [0.29, 0.717) is 25.4 Å². The fourth-order valence-corrected chi connectivity index (χ4v) is 7.23.